The third-order valence-electron chi connectivity index (χ3n) is 5.76. The van der Waals surface area contributed by atoms with Crippen molar-refractivity contribution in [2.24, 2.45) is 0 Å². The van der Waals surface area contributed by atoms with Gasteiger partial charge >= 0.3 is 0 Å². The highest BCUT2D eigenvalue weighted by Gasteiger charge is 2.16. The van der Waals surface area contributed by atoms with Gasteiger partial charge in [0.2, 0.25) is 5.91 Å². The summed E-state index contributed by atoms with van der Waals surface area (Å²) in [5.41, 5.74) is 3.66. The molecule has 29 heavy (non-hydrogen) atoms. The number of fused-ring (bicyclic) bond motifs is 1. The minimum absolute atomic E-state index is 0.143. The number of anilines is 1. The van der Waals surface area contributed by atoms with E-state index in [0.717, 1.165) is 57.6 Å². The Bertz CT molecular complexity index is 913. The van der Waals surface area contributed by atoms with Gasteiger partial charge in [-0.2, -0.15) is 0 Å². The van der Waals surface area contributed by atoms with Crippen molar-refractivity contribution in [2.75, 3.05) is 44.2 Å². The number of amides is 1. The molecule has 0 atom stereocenters. The van der Waals surface area contributed by atoms with E-state index in [0.29, 0.717) is 6.42 Å². The number of nitrogens with zero attached hydrogens (tertiary/aromatic N) is 2. The zero-order valence-corrected chi connectivity index (χ0v) is 16.9. The van der Waals surface area contributed by atoms with Crippen LogP contribution in [-0.4, -0.2) is 55.1 Å². The molecule has 5 heteroatoms. The Morgan fingerprint density at radius 2 is 1.72 bits per heavy atom. The van der Waals surface area contributed by atoms with Gasteiger partial charge in [-0.25, -0.2) is 0 Å². The molecule has 0 unspecified atom stereocenters. The summed E-state index contributed by atoms with van der Waals surface area (Å²) >= 11 is 0. The van der Waals surface area contributed by atoms with Gasteiger partial charge in [0.25, 0.3) is 0 Å². The number of aromatic nitrogens is 1. The SMILES string of the molecule is O=C(CCc1c[nH]c2ccccc12)NCCCN1CCN(c2ccccc2)CC1. The minimum Gasteiger partial charge on any atom is -0.369 e. The second-order valence-corrected chi connectivity index (χ2v) is 7.73. The van der Waals surface area contributed by atoms with Crippen LogP contribution in [0.4, 0.5) is 5.69 Å². The molecule has 0 aliphatic carbocycles. The van der Waals surface area contributed by atoms with Crippen LogP contribution in [0, 0.1) is 0 Å². The van der Waals surface area contributed by atoms with Crippen molar-refractivity contribution in [3.63, 3.8) is 0 Å². The molecule has 1 aromatic heterocycles. The molecule has 0 bridgehead atoms. The van der Waals surface area contributed by atoms with E-state index in [2.05, 4.69) is 62.6 Å². The highest BCUT2D eigenvalue weighted by atomic mass is 16.1. The zero-order chi connectivity index (χ0) is 19.9. The Balaban J connectivity index is 1.11. The van der Waals surface area contributed by atoms with Crippen molar-refractivity contribution in [1.82, 2.24) is 15.2 Å². The first-order valence-corrected chi connectivity index (χ1v) is 10.6. The van der Waals surface area contributed by atoms with Gasteiger partial charge in [0, 0.05) is 61.9 Å². The maximum atomic E-state index is 12.2. The van der Waals surface area contributed by atoms with Crippen LogP contribution in [0.1, 0.15) is 18.4 Å². The Morgan fingerprint density at radius 3 is 2.55 bits per heavy atom. The van der Waals surface area contributed by atoms with Crippen LogP contribution in [-0.2, 0) is 11.2 Å². The maximum absolute atomic E-state index is 12.2. The number of piperazine rings is 1. The Kier molecular flexibility index (Phi) is 6.47. The van der Waals surface area contributed by atoms with Gasteiger partial charge in [-0.3, -0.25) is 9.69 Å². The number of aryl methyl sites for hydroxylation is 1. The standard InChI is InChI=1S/C24H30N4O/c29-24(12-11-20-19-26-23-10-5-4-9-22(20)23)25-13-6-14-27-15-17-28(18-16-27)21-7-2-1-3-8-21/h1-5,7-10,19,26H,6,11-18H2,(H,25,29). The van der Waals surface area contributed by atoms with Gasteiger partial charge in [0.1, 0.15) is 0 Å². The lowest BCUT2D eigenvalue weighted by Crippen LogP contribution is -2.47. The molecule has 1 aliphatic heterocycles. The molecule has 1 fully saturated rings. The first-order chi connectivity index (χ1) is 14.3. The van der Waals surface area contributed by atoms with Crippen molar-refractivity contribution in [2.45, 2.75) is 19.3 Å². The van der Waals surface area contributed by atoms with Crippen molar-refractivity contribution in [1.29, 1.82) is 0 Å². The Labute approximate surface area is 172 Å². The topological polar surface area (TPSA) is 51.4 Å². The summed E-state index contributed by atoms with van der Waals surface area (Å²) < 4.78 is 0. The molecular formula is C24H30N4O. The van der Waals surface area contributed by atoms with Gasteiger partial charge in [0.15, 0.2) is 0 Å². The summed E-state index contributed by atoms with van der Waals surface area (Å²) in [6.07, 6.45) is 4.34. The first-order valence-electron chi connectivity index (χ1n) is 10.6. The number of rotatable bonds is 8. The molecule has 0 spiro atoms. The van der Waals surface area contributed by atoms with Gasteiger partial charge in [-0.15, -0.1) is 0 Å². The molecule has 1 amide bonds. The van der Waals surface area contributed by atoms with Gasteiger partial charge in [-0.1, -0.05) is 36.4 Å². The van der Waals surface area contributed by atoms with Crippen LogP contribution in [0.15, 0.2) is 60.8 Å². The number of aromatic amines is 1. The molecule has 3 aromatic rings. The lowest BCUT2D eigenvalue weighted by atomic mass is 10.1. The third-order valence-corrected chi connectivity index (χ3v) is 5.76. The second kappa shape index (κ2) is 9.61. The summed E-state index contributed by atoms with van der Waals surface area (Å²) in [7, 11) is 0. The van der Waals surface area contributed by atoms with Crippen LogP contribution >= 0.6 is 0 Å². The average molecular weight is 391 g/mol. The molecular weight excluding hydrogens is 360 g/mol. The summed E-state index contributed by atoms with van der Waals surface area (Å²) in [6.45, 7) is 6.12. The Hall–Kier alpha value is -2.79. The lowest BCUT2D eigenvalue weighted by Gasteiger charge is -2.36. The molecule has 1 aliphatic rings. The highest BCUT2D eigenvalue weighted by molar-refractivity contribution is 5.84. The number of carbonyl (C=O) groups is 1. The highest BCUT2D eigenvalue weighted by Crippen LogP contribution is 2.19. The van der Waals surface area contributed by atoms with E-state index in [4.69, 9.17) is 0 Å². The average Bonchev–Trinajstić information content (AvgIpc) is 3.19. The molecule has 4 rings (SSSR count). The molecule has 1 saturated heterocycles. The molecule has 5 nitrogen and oxygen atoms in total. The summed E-state index contributed by atoms with van der Waals surface area (Å²) in [6, 6.07) is 18.9. The van der Waals surface area contributed by atoms with E-state index >= 15 is 0 Å². The van der Waals surface area contributed by atoms with Gasteiger partial charge in [-0.05, 0) is 43.1 Å². The fraction of sp³-hybridized carbons (Fsp3) is 0.375. The van der Waals surface area contributed by atoms with Crippen LogP contribution in [0.2, 0.25) is 0 Å². The first kappa shape index (κ1) is 19.5. The predicted octanol–water partition coefficient (Wildman–Crippen LogP) is 3.43. The number of nitrogens with one attached hydrogen (secondary N) is 2. The van der Waals surface area contributed by atoms with Crippen LogP contribution < -0.4 is 10.2 Å². The van der Waals surface area contributed by atoms with Gasteiger partial charge in [0.05, 0.1) is 0 Å². The zero-order valence-electron chi connectivity index (χ0n) is 16.9. The van der Waals surface area contributed by atoms with Crippen molar-refractivity contribution < 1.29 is 4.79 Å². The minimum atomic E-state index is 0.143. The van der Waals surface area contributed by atoms with Crippen molar-refractivity contribution >= 4 is 22.5 Å². The smallest absolute Gasteiger partial charge is 0.220 e. The summed E-state index contributed by atoms with van der Waals surface area (Å²) in [5, 5.41) is 4.30. The monoisotopic (exact) mass is 390 g/mol. The number of benzene rings is 2. The lowest BCUT2D eigenvalue weighted by molar-refractivity contribution is -0.121. The number of hydrogen-bond donors (Lipinski definition) is 2. The number of para-hydroxylation sites is 2. The van der Waals surface area contributed by atoms with E-state index in [1.54, 1.807) is 0 Å². The molecule has 2 N–H and O–H groups in total. The molecule has 0 saturated carbocycles. The van der Waals surface area contributed by atoms with E-state index in [-0.39, 0.29) is 5.91 Å². The maximum Gasteiger partial charge on any atom is 0.220 e. The molecule has 152 valence electrons. The van der Waals surface area contributed by atoms with Crippen LogP contribution in [0.3, 0.4) is 0 Å². The Morgan fingerprint density at radius 1 is 0.966 bits per heavy atom. The van der Waals surface area contributed by atoms with E-state index in [9.17, 15) is 4.79 Å². The van der Waals surface area contributed by atoms with Gasteiger partial charge < -0.3 is 15.2 Å². The van der Waals surface area contributed by atoms with E-state index in [1.165, 1.54) is 16.6 Å². The molecule has 0 radical (unpaired) electrons. The van der Waals surface area contributed by atoms with Crippen molar-refractivity contribution in [3.05, 3.63) is 66.4 Å². The third kappa shape index (κ3) is 5.18. The summed E-state index contributed by atoms with van der Waals surface area (Å²) in [4.78, 5) is 20.4. The van der Waals surface area contributed by atoms with Crippen molar-refractivity contribution in [3.8, 4) is 0 Å². The second-order valence-electron chi connectivity index (χ2n) is 7.73. The normalized spacial score (nSPS) is 15.0. The van der Waals surface area contributed by atoms with E-state index in [1.807, 2.05) is 18.3 Å². The fourth-order valence-corrected chi connectivity index (χ4v) is 4.07. The van der Waals surface area contributed by atoms with Crippen LogP contribution in [0.5, 0.6) is 0 Å². The summed E-state index contributed by atoms with van der Waals surface area (Å²) in [5.74, 6) is 0.143. The fourth-order valence-electron chi connectivity index (χ4n) is 4.07. The quantitative estimate of drug-likeness (QED) is 0.580. The van der Waals surface area contributed by atoms with Crippen LogP contribution in [0.25, 0.3) is 10.9 Å². The molecule has 2 aromatic carbocycles. The largest absolute Gasteiger partial charge is 0.369 e. The predicted molar refractivity (Wildman–Crippen MR) is 119 cm³/mol. The number of H-pyrrole nitrogens is 1. The van der Waals surface area contributed by atoms with E-state index < -0.39 is 0 Å². The molecule has 2 heterocycles. The number of carbonyl (C=O) groups excluding carboxylic acids is 1. The number of hydrogen-bond acceptors (Lipinski definition) is 3.